The first-order valence-electron chi connectivity index (χ1n) is 9.89. The summed E-state index contributed by atoms with van der Waals surface area (Å²) in [7, 11) is -3.60. The fraction of sp³-hybridized carbons (Fsp3) is 0.600. The topological polar surface area (TPSA) is 104 Å². The van der Waals surface area contributed by atoms with Gasteiger partial charge in [0.1, 0.15) is 0 Å². The van der Waals surface area contributed by atoms with Crippen LogP contribution in [-0.2, 0) is 19.6 Å². The Kier molecular flexibility index (Phi) is 8.00. The Hall–Kier alpha value is -1.93. The van der Waals surface area contributed by atoms with Crippen molar-refractivity contribution in [3.05, 3.63) is 24.3 Å². The third-order valence-electron chi connectivity index (χ3n) is 5.27. The Morgan fingerprint density at radius 3 is 2.25 bits per heavy atom. The molecule has 1 fully saturated rings. The van der Waals surface area contributed by atoms with Crippen molar-refractivity contribution in [3.63, 3.8) is 0 Å². The van der Waals surface area contributed by atoms with Crippen LogP contribution < -0.4 is 15.4 Å². The molecule has 2 amide bonds. The van der Waals surface area contributed by atoms with Crippen LogP contribution in [0.4, 0.5) is 5.69 Å². The second kappa shape index (κ2) is 10.0. The van der Waals surface area contributed by atoms with E-state index in [9.17, 15) is 18.0 Å². The second-order valence-corrected chi connectivity index (χ2v) is 9.36. The third kappa shape index (κ3) is 6.60. The van der Waals surface area contributed by atoms with Gasteiger partial charge in [0.2, 0.25) is 21.8 Å². The van der Waals surface area contributed by atoms with Gasteiger partial charge in [-0.15, -0.1) is 0 Å². The van der Waals surface area contributed by atoms with Crippen molar-refractivity contribution in [3.8, 4) is 0 Å². The van der Waals surface area contributed by atoms with Crippen LogP contribution in [-0.4, -0.2) is 32.8 Å². The quantitative estimate of drug-likeness (QED) is 0.614. The van der Waals surface area contributed by atoms with Gasteiger partial charge in [-0.2, -0.15) is 0 Å². The highest BCUT2D eigenvalue weighted by atomic mass is 32.2. The van der Waals surface area contributed by atoms with E-state index in [0.29, 0.717) is 12.2 Å². The molecule has 2 rings (SSSR count). The van der Waals surface area contributed by atoms with Gasteiger partial charge in [0.15, 0.2) is 0 Å². The van der Waals surface area contributed by atoms with Crippen molar-refractivity contribution in [2.45, 2.75) is 63.8 Å². The average Bonchev–Trinajstić information content (AvgIpc) is 2.66. The number of hydrogen-bond donors (Lipinski definition) is 3. The molecule has 1 atom stereocenters. The van der Waals surface area contributed by atoms with Gasteiger partial charge in [0.05, 0.1) is 4.90 Å². The molecule has 1 aliphatic carbocycles. The lowest BCUT2D eigenvalue weighted by molar-refractivity contribution is -0.126. The number of anilines is 1. The predicted octanol–water partition coefficient (Wildman–Crippen LogP) is 2.64. The molecule has 1 aliphatic rings. The van der Waals surface area contributed by atoms with E-state index >= 15 is 0 Å². The van der Waals surface area contributed by atoms with Crippen LogP contribution in [0.2, 0.25) is 0 Å². The van der Waals surface area contributed by atoms with Gasteiger partial charge < -0.3 is 10.6 Å². The van der Waals surface area contributed by atoms with E-state index in [1.807, 2.05) is 13.8 Å². The van der Waals surface area contributed by atoms with Gasteiger partial charge >= 0.3 is 0 Å². The average molecular weight is 410 g/mol. The Morgan fingerprint density at radius 1 is 1.11 bits per heavy atom. The fourth-order valence-corrected chi connectivity index (χ4v) is 4.44. The molecule has 1 aromatic carbocycles. The zero-order valence-corrected chi connectivity index (χ0v) is 17.6. The van der Waals surface area contributed by atoms with E-state index in [1.165, 1.54) is 19.1 Å². The molecule has 0 unspecified atom stereocenters. The number of hydrogen-bond acceptors (Lipinski definition) is 4. The zero-order chi connectivity index (χ0) is 20.7. The number of carbonyl (C=O) groups excluding carboxylic acids is 2. The number of rotatable bonds is 8. The Morgan fingerprint density at radius 2 is 1.71 bits per heavy atom. The largest absolute Gasteiger partial charge is 0.353 e. The number of amides is 2. The minimum absolute atomic E-state index is 0.0307. The molecule has 28 heavy (non-hydrogen) atoms. The summed E-state index contributed by atoms with van der Waals surface area (Å²) in [6, 6.07) is 6.27. The molecular formula is C20H31N3O4S. The standard InChI is InChI=1S/C20H31N3O4S/c1-4-14(2)22-20(25)17-7-5-16(6-8-17)13-21-28(26,27)19-11-9-18(10-12-19)23-15(3)24/h9-12,14,16-17,21H,4-8,13H2,1-3H3,(H,22,25)(H,23,24)/t14-,16?,17?/m0/s1. The Labute approximate surface area is 167 Å². The molecule has 0 saturated heterocycles. The molecule has 156 valence electrons. The van der Waals surface area contributed by atoms with Crippen molar-refractivity contribution >= 4 is 27.5 Å². The second-order valence-electron chi connectivity index (χ2n) is 7.59. The molecule has 1 saturated carbocycles. The highest BCUT2D eigenvalue weighted by Gasteiger charge is 2.27. The predicted molar refractivity (Wildman–Crippen MR) is 109 cm³/mol. The highest BCUT2D eigenvalue weighted by Crippen LogP contribution is 2.29. The van der Waals surface area contributed by atoms with Crippen LogP contribution in [0.1, 0.15) is 52.9 Å². The van der Waals surface area contributed by atoms with Crippen LogP contribution in [0.5, 0.6) is 0 Å². The summed E-state index contributed by atoms with van der Waals surface area (Å²) in [5, 5.41) is 5.64. The SMILES string of the molecule is CC[C@H](C)NC(=O)C1CCC(CNS(=O)(=O)c2ccc(NC(C)=O)cc2)CC1. The maximum absolute atomic E-state index is 12.5. The van der Waals surface area contributed by atoms with Crippen molar-refractivity contribution in [1.29, 1.82) is 0 Å². The Bertz CT molecular complexity index is 769. The van der Waals surface area contributed by atoms with Crippen LogP contribution in [0, 0.1) is 11.8 Å². The van der Waals surface area contributed by atoms with E-state index in [1.54, 1.807) is 12.1 Å². The minimum atomic E-state index is -3.60. The van der Waals surface area contributed by atoms with Crippen LogP contribution >= 0.6 is 0 Å². The summed E-state index contributed by atoms with van der Waals surface area (Å²) in [6.45, 7) is 5.81. The summed E-state index contributed by atoms with van der Waals surface area (Å²) < 4.78 is 27.6. The van der Waals surface area contributed by atoms with Gasteiger partial charge in [0, 0.05) is 31.1 Å². The smallest absolute Gasteiger partial charge is 0.240 e. The molecule has 0 spiro atoms. The molecule has 7 nitrogen and oxygen atoms in total. The fourth-order valence-electron chi connectivity index (χ4n) is 3.32. The van der Waals surface area contributed by atoms with Crippen LogP contribution in [0.15, 0.2) is 29.2 Å². The monoisotopic (exact) mass is 409 g/mol. The lowest BCUT2D eigenvalue weighted by Crippen LogP contribution is -2.39. The lowest BCUT2D eigenvalue weighted by atomic mass is 9.81. The summed E-state index contributed by atoms with van der Waals surface area (Å²) >= 11 is 0. The van der Waals surface area contributed by atoms with Gasteiger partial charge in [-0.05, 0) is 69.2 Å². The maximum atomic E-state index is 12.5. The third-order valence-corrected chi connectivity index (χ3v) is 6.71. The van der Waals surface area contributed by atoms with E-state index in [4.69, 9.17) is 0 Å². The molecule has 8 heteroatoms. The van der Waals surface area contributed by atoms with Crippen molar-refractivity contribution in [2.24, 2.45) is 11.8 Å². The molecule has 0 aromatic heterocycles. The molecule has 3 N–H and O–H groups in total. The highest BCUT2D eigenvalue weighted by molar-refractivity contribution is 7.89. The van der Waals surface area contributed by atoms with Gasteiger partial charge in [0.25, 0.3) is 0 Å². The van der Waals surface area contributed by atoms with E-state index in [-0.39, 0.29) is 34.6 Å². The molecule has 0 heterocycles. The van der Waals surface area contributed by atoms with Crippen LogP contribution in [0.25, 0.3) is 0 Å². The first kappa shape index (κ1) is 22.4. The Balaban J connectivity index is 1.82. The molecule has 0 bridgehead atoms. The number of benzene rings is 1. The van der Waals surface area contributed by atoms with Crippen molar-refractivity contribution in [2.75, 3.05) is 11.9 Å². The van der Waals surface area contributed by atoms with Gasteiger partial charge in [-0.25, -0.2) is 13.1 Å². The minimum Gasteiger partial charge on any atom is -0.353 e. The summed E-state index contributed by atoms with van der Waals surface area (Å²) in [5.41, 5.74) is 0.556. The molecular weight excluding hydrogens is 378 g/mol. The van der Waals surface area contributed by atoms with Gasteiger partial charge in [-0.1, -0.05) is 6.92 Å². The van der Waals surface area contributed by atoms with Crippen molar-refractivity contribution < 1.29 is 18.0 Å². The van der Waals surface area contributed by atoms with E-state index in [0.717, 1.165) is 32.1 Å². The van der Waals surface area contributed by atoms with E-state index < -0.39 is 10.0 Å². The lowest BCUT2D eigenvalue weighted by Gasteiger charge is -2.28. The summed E-state index contributed by atoms with van der Waals surface area (Å²) in [5.74, 6) is 0.180. The summed E-state index contributed by atoms with van der Waals surface area (Å²) in [6.07, 6.45) is 4.17. The zero-order valence-electron chi connectivity index (χ0n) is 16.8. The first-order valence-corrected chi connectivity index (χ1v) is 11.4. The maximum Gasteiger partial charge on any atom is 0.240 e. The normalized spacial score (nSPS) is 21.0. The summed E-state index contributed by atoms with van der Waals surface area (Å²) in [4.78, 5) is 23.4. The van der Waals surface area contributed by atoms with Crippen LogP contribution in [0.3, 0.4) is 0 Å². The number of sulfonamides is 1. The van der Waals surface area contributed by atoms with Crippen molar-refractivity contribution in [1.82, 2.24) is 10.0 Å². The number of nitrogens with one attached hydrogen (secondary N) is 3. The molecule has 1 aromatic rings. The number of carbonyl (C=O) groups is 2. The van der Waals surface area contributed by atoms with E-state index in [2.05, 4.69) is 15.4 Å². The first-order chi connectivity index (χ1) is 13.2. The molecule has 0 aliphatic heterocycles. The van der Waals surface area contributed by atoms with Gasteiger partial charge in [-0.3, -0.25) is 9.59 Å². The molecule has 0 radical (unpaired) electrons.